The summed E-state index contributed by atoms with van der Waals surface area (Å²) < 4.78 is 31.8. The Balaban J connectivity index is 1.54. The van der Waals surface area contributed by atoms with Crippen LogP contribution in [0.15, 0.2) is 40.6 Å². The Labute approximate surface area is 157 Å². The molecule has 1 aromatic rings. The average Bonchev–Trinajstić information content (AvgIpc) is 2.67. The number of nitrogens with one attached hydrogen (secondary N) is 1. The largest absolute Gasteiger partial charge is 0.497 e. The third kappa shape index (κ3) is 4.58. The molecule has 9 nitrogen and oxygen atoms in total. The van der Waals surface area contributed by atoms with E-state index in [-0.39, 0.29) is 12.3 Å². The van der Waals surface area contributed by atoms with Crippen LogP contribution in [0.2, 0.25) is 0 Å². The molecule has 0 bridgehead atoms. The first-order chi connectivity index (χ1) is 12.9. The number of hydrogen-bond donors (Lipinski definition) is 1. The van der Waals surface area contributed by atoms with Crippen LogP contribution in [0, 0.1) is 0 Å². The summed E-state index contributed by atoms with van der Waals surface area (Å²) in [6, 6.07) is 4.71. The van der Waals surface area contributed by atoms with Gasteiger partial charge in [0.05, 0.1) is 12.9 Å². The lowest BCUT2D eigenvalue weighted by Crippen LogP contribution is -2.42. The molecule has 2 aliphatic rings. The average molecular weight is 392 g/mol. The number of azo groups is 1. The Morgan fingerprint density at radius 1 is 1.37 bits per heavy atom. The molecule has 0 spiro atoms. The maximum absolute atomic E-state index is 12.6. The fourth-order valence-electron chi connectivity index (χ4n) is 2.91. The van der Waals surface area contributed by atoms with Crippen molar-refractivity contribution in [1.29, 1.82) is 0 Å². The van der Waals surface area contributed by atoms with Crippen LogP contribution in [0.25, 0.3) is 0 Å². The van der Waals surface area contributed by atoms with Crippen LogP contribution in [-0.4, -0.2) is 56.5 Å². The predicted molar refractivity (Wildman–Crippen MR) is 96.7 cm³/mol. The van der Waals surface area contributed by atoms with E-state index in [2.05, 4.69) is 15.5 Å². The summed E-state index contributed by atoms with van der Waals surface area (Å²) in [4.78, 5) is 22.8. The third-order valence-corrected chi connectivity index (χ3v) is 6.23. The molecule has 27 heavy (non-hydrogen) atoms. The third-order valence-electron chi connectivity index (χ3n) is 4.41. The number of hydrogen-bond acceptors (Lipinski definition) is 6. The minimum Gasteiger partial charge on any atom is -0.497 e. The van der Waals surface area contributed by atoms with Gasteiger partial charge in [0, 0.05) is 25.7 Å². The maximum atomic E-state index is 12.6. The van der Waals surface area contributed by atoms with Crippen LogP contribution in [-0.2, 0) is 32.6 Å². The Bertz CT molecular complexity index is 894. The highest BCUT2D eigenvalue weighted by Gasteiger charge is 2.27. The molecule has 10 heteroatoms. The van der Waals surface area contributed by atoms with E-state index in [4.69, 9.17) is 4.74 Å². The van der Waals surface area contributed by atoms with Gasteiger partial charge in [0.15, 0.2) is 6.04 Å². The van der Waals surface area contributed by atoms with E-state index in [9.17, 15) is 18.0 Å². The smallest absolute Gasteiger partial charge is 0.287 e. The van der Waals surface area contributed by atoms with Gasteiger partial charge in [-0.05, 0) is 35.8 Å². The molecule has 0 saturated carbocycles. The van der Waals surface area contributed by atoms with Crippen LogP contribution in [0.5, 0.6) is 5.75 Å². The number of sulfonamides is 1. The van der Waals surface area contributed by atoms with Crippen LogP contribution in [0.1, 0.15) is 11.1 Å². The lowest BCUT2D eigenvalue weighted by Gasteiger charge is -2.28. The highest BCUT2D eigenvalue weighted by molar-refractivity contribution is 7.89. The van der Waals surface area contributed by atoms with Crippen molar-refractivity contribution in [2.24, 2.45) is 10.2 Å². The Hall–Kier alpha value is -2.59. The van der Waals surface area contributed by atoms with Crippen LogP contribution < -0.4 is 10.1 Å². The Morgan fingerprint density at radius 2 is 2.19 bits per heavy atom. The van der Waals surface area contributed by atoms with Gasteiger partial charge < -0.3 is 10.1 Å². The lowest BCUT2D eigenvalue weighted by molar-refractivity contribution is -0.121. The van der Waals surface area contributed by atoms with Gasteiger partial charge in [0.2, 0.25) is 10.0 Å². The van der Waals surface area contributed by atoms with Crippen molar-refractivity contribution in [2.75, 3.05) is 26.0 Å². The summed E-state index contributed by atoms with van der Waals surface area (Å²) in [7, 11) is -1.92. The number of ether oxygens (including phenoxy) is 1. The number of carbonyl (C=O) groups excluding carboxylic acids is 2. The molecule has 1 unspecified atom stereocenters. The van der Waals surface area contributed by atoms with Crippen molar-refractivity contribution in [3.8, 4) is 5.75 Å². The van der Waals surface area contributed by atoms with Gasteiger partial charge in [-0.2, -0.15) is 9.42 Å². The number of amides is 2. The highest BCUT2D eigenvalue weighted by atomic mass is 32.2. The summed E-state index contributed by atoms with van der Waals surface area (Å²) >= 11 is 0. The van der Waals surface area contributed by atoms with E-state index in [1.54, 1.807) is 7.11 Å². The van der Waals surface area contributed by atoms with Gasteiger partial charge in [0.25, 0.3) is 11.8 Å². The number of nitrogens with zero attached hydrogens (tertiary/aromatic N) is 3. The van der Waals surface area contributed by atoms with E-state index in [0.29, 0.717) is 19.5 Å². The molecule has 0 aliphatic carbocycles. The number of benzene rings is 1. The molecule has 2 heterocycles. The van der Waals surface area contributed by atoms with Gasteiger partial charge in [-0.3, -0.25) is 9.59 Å². The quantitative estimate of drug-likeness (QED) is 0.753. The minimum atomic E-state index is -3.52. The molecule has 1 N–H and O–H groups in total. The normalized spacial score (nSPS) is 19.6. The van der Waals surface area contributed by atoms with Crippen molar-refractivity contribution >= 4 is 21.8 Å². The van der Waals surface area contributed by atoms with Crippen LogP contribution in [0.3, 0.4) is 0 Å². The van der Waals surface area contributed by atoms with Crippen LogP contribution >= 0.6 is 0 Å². The molecule has 0 radical (unpaired) electrons. The fraction of sp³-hybridized carbons (Fsp3) is 0.412. The first-order valence-corrected chi connectivity index (χ1v) is 10.0. The van der Waals surface area contributed by atoms with Gasteiger partial charge in [-0.1, -0.05) is 6.07 Å². The van der Waals surface area contributed by atoms with E-state index >= 15 is 0 Å². The summed E-state index contributed by atoms with van der Waals surface area (Å²) in [6.45, 7) is 0.649. The second-order valence-corrected chi connectivity index (χ2v) is 8.27. The minimum absolute atomic E-state index is 0.0407. The van der Waals surface area contributed by atoms with Gasteiger partial charge >= 0.3 is 0 Å². The monoisotopic (exact) mass is 392 g/mol. The van der Waals surface area contributed by atoms with E-state index in [0.717, 1.165) is 23.0 Å². The van der Waals surface area contributed by atoms with Crippen molar-refractivity contribution in [3.05, 3.63) is 41.5 Å². The molecule has 1 aromatic carbocycles. The molecular formula is C17H20N4O5S. The topological polar surface area (TPSA) is 118 Å². The van der Waals surface area contributed by atoms with Crippen molar-refractivity contribution in [3.63, 3.8) is 0 Å². The molecule has 0 fully saturated rings. The second-order valence-electron chi connectivity index (χ2n) is 6.18. The summed E-state index contributed by atoms with van der Waals surface area (Å²) in [5, 5.41) is 9.38. The van der Waals surface area contributed by atoms with E-state index in [1.165, 1.54) is 10.4 Å². The van der Waals surface area contributed by atoms with Gasteiger partial charge in [0.1, 0.15) is 5.75 Å². The number of carbonyl (C=O) groups is 2. The lowest BCUT2D eigenvalue weighted by atomic mass is 10.0. The summed E-state index contributed by atoms with van der Waals surface area (Å²) in [5.74, 6) is -0.474. The molecule has 0 saturated heterocycles. The van der Waals surface area contributed by atoms with Gasteiger partial charge in [-0.15, -0.1) is 5.11 Å². The molecule has 3 rings (SSSR count). The predicted octanol–water partition coefficient (Wildman–Crippen LogP) is 0.417. The molecule has 0 aromatic heterocycles. The fourth-order valence-corrected chi connectivity index (χ4v) is 4.23. The standard InChI is InChI=1S/C17H20N4O5S/c1-26-14-3-2-13-11-21(8-6-12(13)10-14)27(24,25)9-7-18-17(23)15-4-5-16(22)20-19-15/h2-5,10,15H,6-9,11H2,1H3,(H,18,23). The SMILES string of the molecule is COc1ccc2c(c1)CCN(S(=O)(=O)CCNC(=O)C1C=CC(=O)N=N1)C2. The zero-order valence-electron chi connectivity index (χ0n) is 14.8. The Kier molecular flexibility index (Phi) is 5.66. The zero-order chi connectivity index (χ0) is 19.4. The molecule has 2 amide bonds. The first kappa shape index (κ1) is 19.2. The molecule has 144 valence electrons. The first-order valence-electron chi connectivity index (χ1n) is 8.43. The highest BCUT2D eigenvalue weighted by Crippen LogP contribution is 2.25. The van der Waals surface area contributed by atoms with Crippen molar-refractivity contribution < 1.29 is 22.7 Å². The summed E-state index contributed by atoms with van der Waals surface area (Å²) in [6.07, 6.45) is 3.10. The van der Waals surface area contributed by atoms with E-state index < -0.39 is 27.9 Å². The van der Waals surface area contributed by atoms with Crippen LogP contribution in [0.4, 0.5) is 0 Å². The van der Waals surface area contributed by atoms with E-state index in [1.807, 2.05) is 18.2 Å². The number of fused-ring (bicyclic) bond motifs is 1. The molecule has 2 aliphatic heterocycles. The maximum Gasteiger partial charge on any atom is 0.287 e. The summed E-state index contributed by atoms with van der Waals surface area (Å²) in [5.41, 5.74) is 2.03. The van der Waals surface area contributed by atoms with Gasteiger partial charge in [-0.25, -0.2) is 8.42 Å². The molecule has 1 atom stereocenters. The van der Waals surface area contributed by atoms with Crippen molar-refractivity contribution in [2.45, 2.75) is 19.0 Å². The number of rotatable bonds is 6. The number of methoxy groups -OCH3 is 1. The Morgan fingerprint density at radius 3 is 2.89 bits per heavy atom. The zero-order valence-corrected chi connectivity index (χ0v) is 15.6. The van der Waals surface area contributed by atoms with Crippen molar-refractivity contribution in [1.82, 2.24) is 9.62 Å². The second kappa shape index (κ2) is 7.97. The molecular weight excluding hydrogens is 372 g/mol.